The summed E-state index contributed by atoms with van der Waals surface area (Å²) in [5.74, 6) is 0.704. The summed E-state index contributed by atoms with van der Waals surface area (Å²) in [4.78, 5) is 19.7. The lowest BCUT2D eigenvalue weighted by Crippen LogP contribution is -2.40. The molecule has 2 unspecified atom stereocenters. The molecule has 2 N–H and O–H groups in total. The number of carbonyl (C=O) groups excluding carboxylic acids is 1. The quantitative estimate of drug-likeness (QED) is 0.781. The highest BCUT2D eigenvalue weighted by molar-refractivity contribution is 9.10. The van der Waals surface area contributed by atoms with Gasteiger partial charge in [0.2, 0.25) is 5.91 Å². The molecule has 1 aromatic heterocycles. The molecule has 5 heteroatoms. The molecule has 1 spiro atoms. The molecule has 1 amide bonds. The Hall–Kier alpha value is -0.940. The van der Waals surface area contributed by atoms with Crippen LogP contribution >= 0.6 is 15.9 Å². The van der Waals surface area contributed by atoms with Crippen molar-refractivity contribution in [1.82, 2.24) is 9.88 Å². The van der Waals surface area contributed by atoms with E-state index in [2.05, 4.69) is 38.8 Å². The summed E-state index contributed by atoms with van der Waals surface area (Å²) in [6.07, 6.45) is 5.53. The SMILES string of the molecule is CC1C2Cc3ncc(Br)cc3CN2C(=O)[C@]12CC[C@@H](N)C2. The van der Waals surface area contributed by atoms with Crippen molar-refractivity contribution in [2.75, 3.05) is 0 Å². The average molecular weight is 350 g/mol. The van der Waals surface area contributed by atoms with Crippen molar-refractivity contribution in [2.45, 2.75) is 51.2 Å². The van der Waals surface area contributed by atoms with Crippen LogP contribution in [0.2, 0.25) is 0 Å². The lowest BCUT2D eigenvalue weighted by Gasteiger charge is -2.32. The molecule has 2 aliphatic heterocycles. The van der Waals surface area contributed by atoms with Crippen LogP contribution in [0.4, 0.5) is 0 Å². The first-order valence-corrected chi connectivity index (χ1v) is 8.50. The Morgan fingerprint density at radius 3 is 3.05 bits per heavy atom. The van der Waals surface area contributed by atoms with E-state index in [4.69, 9.17) is 5.73 Å². The number of hydrogen-bond donors (Lipinski definition) is 1. The first-order chi connectivity index (χ1) is 10.0. The smallest absolute Gasteiger partial charge is 0.229 e. The third kappa shape index (κ3) is 1.83. The van der Waals surface area contributed by atoms with E-state index in [1.54, 1.807) is 0 Å². The van der Waals surface area contributed by atoms with Crippen molar-refractivity contribution in [3.8, 4) is 0 Å². The first kappa shape index (κ1) is 13.7. The third-order valence-corrected chi connectivity index (χ3v) is 6.33. The number of carbonyl (C=O) groups is 1. The molecule has 4 rings (SSSR count). The molecule has 2 fully saturated rings. The normalized spacial score (nSPS) is 38.0. The van der Waals surface area contributed by atoms with Crippen LogP contribution in [-0.4, -0.2) is 27.9 Å². The molecule has 1 aromatic rings. The second-order valence-corrected chi connectivity index (χ2v) is 7.83. The zero-order chi connectivity index (χ0) is 14.8. The van der Waals surface area contributed by atoms with Crippen molar-refractivity contribution < 1.29 is 4.79 Å². The molecule has 1 aliphatic carbocycles. The topological polar surface area (TPSA) is 59.2 Å². The van der Waals surface area contributed by atoms with Gasteiger partial charge in [0.1, 0.15) is 0 Å². The van der Waals surface area contributed by atoms with Crippen LogP contribution < -0.4 is 5.73 Å². The summed E-state index contributed by atoms with van der Waals surface area (Å²) < 4.78 is 0.983. The fourth-order valence-electron chi connectivity index (χ4n) is 4.68. The van der Waals surface area contributed by atoms with Gasteiger partial charge in [0.15, 0.2) is 0 Å². The molecule has 112 valence electrons. The van der Waals surface area contributed by atoms with Crippen molar-refractivity contribution in [2.24, 2.45) is 17.1 Å². The highest BCUT2D eigenvalue weighted by atomic mass is 79.9. The molecule has 1 saturated heterocycles. The van der Waals surface area contributed by atoms with Crippen molar-refractivity contribution in [3.63, 3.8) is 0 Å². The number of hydrogen-bond acceptors (Lipinski definition) is 3. The van der Waals surface area contributed by atoms with Gasteiger partial charge < -0.3 is 10.6 Å². The van der Waals surface area contributed by atoms with E-state index in [-0.39, 0.29) is 11.5 Å². The Labute approximate surface area is 133 Å². The third-order valence-electron chi connectivity index (χ3n) is 5.89. The van der Waals surface area contributed by atoms with Crippen LogP contribution in [0.15, 0.2) is 16.7 Å². The lowest BCUT2D eigenvalue weighted by molar-refractivity contribution is -0.137. The number of pyridine rings is 1. The van der Waals surface area contributed by atoms with Crippen LogP contribution in [0.3, 0.4) is 0 Å². The average Bonchev–Trinajstić information content (AvgIpc) is 2.94. The molecule has 0 radical (unpaired) electrons. The standard InChI is InChI=1S/C16H20BrN3O/c1-9-14-5-13-10(4-11(17)7-19-13)8-20(14)15(21)16(9)3-2-12(18)6-16/h4,7,9,12,14H,2-3,5-6,8,18H2,1H3/t9?,12-,14?,16+/m1/s1. The molecule has 21 heavy (non-hydrogen) atoms. The van der Waals surface area contributed by atoms with E-state index >= 15 is 0 Å². The van der Waals surface area contributed by atoms with E-state index < -0.39 is 0 Å². The number of fused-ring (bicyclic) bond motifs is 2. The van der Waals surface area contributed by atoms with Gasteiger partial charge in [-0.3, -0.25) is 9.78 Å². The maximum Gasteiger partial charge on any atom is 0.229 e. The predicted molar refractivity (Wildman–Crippen MR) is 83.4 cm³/mol. The zero-order valence-electron chi connectivity index (χ0n) is 12.2. The summed E-state index contributed by atoms with van der Waals surface area (Å²) in [6, 6.07) is 2.58. The number of rotatable bonds is 0. The van der Waals surface area contributed by atoms with E-state index in [0.29, 0.717) is 24.4 Å². The Kier molecular flexibility index (Phi) is 2.95. The maximum atomic E-state index is 13.1. The fourth-order valence-corrected chi connectivity index (χ4v) is 5.06. The molecule has 4 atom stereocenters. The molecule has 0 aromatic carbocycles. The molecule has 1 saturated carbocycles. The van der Waals surface area contributed by atoms with Crippen LogP contribution in [0.1, 0.15) is 37.4 Å². The van der Waals surface area contributed by atoms with Crippen LogP contribution in [0, 0.1) is 11.3 Å². The maximum absolute atomic E-state index is 13.1. The minimum atomic E-state index is -0.205. The van der Waals surface area contributed by atoms with Gasteiger partial charge >= 0.3 is 0 Å². The number of halogens is 1. The highest BCUT2D eigenvalue weighted by Gasteiger charge is 2.59. The molecule has 4 nitrogen and oxygen atoms in total. The van der Waals surface area contributed by atoms with Gasteiger partial charge in [-0.05, 0) is 52.7 Å². The fraction of sp³-hybridized carbons (Fsp3) is 0.625. The zero-order valence-corrected chi connectivity index (χ0v) is 13.8. The Balaban J connectivity index is 1.72. The number of aromatic nitrogens is 1. The molecule has 3 heterocycles. The van der Waals surface area contributed by atoms with E-state index in [1.807, 2.05) is 6.20 Å². The lowest BCUT2D eigenvalue weighted by atomic mass is 9.73. The first-order valence-electron chi connectivity index (χ1n) is 7.71. The highest BCUT2D eigenvalue weighted by Crippen LogP contribution is 2.53. The van der Waals surface area contributed by atoms with E-state index in [0.717, 1.165) is 35.8 Å². The Morgan fingerprint density at radius 2 is 2.33 bits per heavy atom. The van der Waals surface area contributed by atoms with Gasteiger partial charge in [0.25, 0.3) is 0 Å². The number of nitrogens with two attached hydrogens (primary N) is 1. The summed E-state index contributed by atoms with van der Waals surface area (Å²) in [7, 11) is 0. The largest absolute Gasteiger partial charge is 0.334 e. The van der Waals surface area contributed by atoms with E-state index in [1.165, 1.54) is 5.56 Å². The van der Waals surface area contributed by atoms with E-state index in [9.17, 15) is 4.79 Å². The summed E-state index contributed by atoms with van der Waals surface area (Å²) in [5.41, 5.74) is 8.25. The minimum Gasteiger partial charge on any atom is -0.334 e. The number of amides is 1. The van der Waals surface area contributed by atoms with Crippen molar-refractivity contribution >= 4 is 21.8 Å². The molecular formula is C16H20BrN3O. The van der Waals surface area contributed by atoms with Crippen molar-refractivity contribution in [3.05, 3.63) is 28.0 Å². The summed E-state index contributed by atoms with van der Waals surface area (Å²) >= 11 is 3.48. The van der Waals surface area contributed by atoms with Crippen LogP contribution in [-0.2, 0) is 17.8 Å². The number of nitrogens with zero attached hydrogens (tertiary/aromatic N) is 2. The van der Waals surface area contributed by atoms with Gasteiger partial charge in [-0.15, -0.1) is 0 Å². The second kappa shape index (κ2) is 4.53. The monoisotopic (exact) mass is 349 g/mol. The summed E-state index contributed by atoms with van der Waals surface area (Å²) in [6.45, 7) is 2.94. The minimum absolute atomic E-state index is 0.187. The summed E-state index contributed by atoms with van der Waals surface area (Å²) in [5, 5.41) is 0. The van der Waals surface area contributed by atoms with Gasteiger partial charge in [0, 0.05) is 41.4 Å². The second-order valence-electron chi connectivity index (χ2n) is 6.91. The van der Waals surface area contributed by atoms with Crippen LogP contribution in [0.25, 0.3) is 0 Å². The predicted octanol–water partition coefficient (Wildman–Crippen LogP) is 2.24. The Morgan fingerprint density at radius 1 is 1.52 bits per heavy atom. The molecule has 0 bridgehead atoms. The van der Waals surface area contributed by atoms with Gasteiger partial charge in [-0.25, -0.2) is 0 Å². The Bertz CT molecular complexity index is 620. The molecular weight excluding hydrogens is 330 g/mol. The van der Waals surface area contributed by atoms with Gasteiger partial charge in [0.05, 0.1) is 5.41 Å². The van der Waals surface area contributed by atoms with Crippen LogP contribution in [0.5, 0.6) is 0 Å². The van der Waals surface area contributed by atoms with Gasteiger partial charge in [-0.1, -0.05) is 6.92 Å². The molecule has 3 aliphatic rings. The van der Waals surface area contributed by atoms with Gasteiger partial charge in [-0.2, -0.15) is 0 Å². The van der Waals surface area contributed by atoms with Crippen molar-refractivity contribution in [1.29, 1.82) is 0 Å².